The minimum atomic E-state index is -0.597. The molecule has 6 aromatic heterocycles. The van der Waals surface area contributed by atoms with Crippen LogP contribution in [0.1, 0.15) is 151 Å². The summed E-state index contributed by atoms with van der Waals surface area (Å²) in [5, 5.41) is 14.3. The van der Waals surface area contributed by atoms with Gasteiger partial charge in [-0.3, -0.25) is 42.2 Å². The number of nitrogens with two attached hydrogens (primary N) is 2. The largest absolute Gasteiger partial charge is 0.444 e. The van der Waals surface area contributed by atoms with Crippen LogP contribution in [0.3, 0.4) is 0 Å². The maximum Gasteiger partial charge on any atom is 0.408 e. The van der Waals surface area contributed by atoms with E-state index in [0.29, 0.717) is 94.3 Å². The number of terminal acetylenes is 2. The highest BCUT2D eigenvalue weighted by Crippen LogP contribution is 2.24. The lowest BCUT2D eigenvalue weighted by Crippen LogP contribution is -2.36. The van der Waals surface area contributed by atoms with Gasteiger partial charge in [0.2, 0.25) is 0 Å². The normalized spacial score (nSPS) is 12.4. The van der Waals surface area contributed by atoms with Gasteiger partial charge in [-0.25, -0.2) is 39.0 Å². The molecule has 486 valence electrons. The molecule has 0 saturated carbocycles. The van der Waals surface area contributed by atoms with E-state index in [1.165, 1.54) is 22.8 Å². The van der Waals surface area contributed by atoms with Gasteiger partial charge in [0.1, 0.15) is 40.1 Å². The Hall–Kier alpha value is -11.2. The Balaban J connectivity index is 0.000000180. The van der Waals surface area contributed by atoms with Crippen LogP contribution in [0.4, 0.5) is 15.4 Å². The predicted molar refractivity (Wildman–Crippen MR) is 363 cm³/mol. The van der Waals surface area contributed by atoms with Crippen molar-refractivity contribution in [2.24, 2.45) is 33.9 Å². The molecule has 0 radical (unpaired) electrons. The van der Waals surface area contributed by atoms with Gasteiger partial charge >= 0.3 is 12.2 Å². The number of benzene rings is 4. The van der Waals surface area contributed by atoms with Crippen molar-refractivity contribution in [1.29, 1.82) is 0 Å². The zero-order valence-corrected chi connectivity index (χ0v) is 55.5. The van der Waals surface area contributed by atoms with Crippen molar-refractivity contribution in [1.82, 2.24) is 68.8 Å². The molecule has 94 heavy (non-hydrogen) atoms. The topological polar surface area (TPSA) is 328 Å². The van der Waals surface area contributed by atoms with Crippen molar-refractivity contribution in [3.63, 3.8) is 0 Å². The number of carbonyl (C=O) groups excluding carboxylic acids is 3. The third-order valence-corrected chi connectivity index (χ3v) is 14.4. The second-order valence-corrected chi connectivity index (χ2v) is 24.0. The smallest absolute Gasteiger partial charge is 0.408 e. The summed E-state index contributed by atoms with van der Waals surface area (Å²) in [6.45, 7) is 19.4. The van der Waals surface area contributed by atoms with E-state index in [1.54, 1.807) is 190 Å². The second kappa shape index (κ2) is 29.0. The first-order valence-corrected chi connectivity index (χ1v) is 29.7. The Morgan fingerprint density at radius 2 is 0.936 bits per heavy atom. The number of ether oxygens (including phenoxy) is 2. The second-order valence-electron chi connectivity index (χ2n) is 23.6. The van der Waals surface area contributed by atoms with Gasteiger partial charge < -0.3 is 36.9 Å². The number of nitrogen functional groups attached to an aromatic ring is 1. The summed E-state index contributed by atoms with van der Waals surface area (Å²) in [4.78, 5) is 109. The van der Waals surface area contributed by atoms with Crippen LogP contribution in [-0.2, 0) is 37.7 Å². The average molecular weight is 1290 g/mol. The highest BCUT2D eigenvalue weighted by atomic mass is 35.5. The summed E-state index contributed by atoms with van der Waals surface area (Å²) in [5.74, 6) is 12.2. The number of hydrogen-bond acceptors (Lipinski definition) is 17. The number of amides is 3. The molecule has 7 N–H and O–H groups in total. The molecule has 0 aliphatic rings. The lowest BCUT2D eigenvalue weighted by Gasteiger charge is -2.22. The van der Waals surface area contributed by atoms with E-state index in [0.717, 1.165) is 0 Å². The van der Waals surface area contributed by atoms with E-state index < -0.39 is 47.4 Å². The number of carbonyl (C=O) groups is 3. The highest BCUT2D eigenvalue weighted by molar-refractivity contribution is 6.35. The zero-order valence-electron chi connectivity index (χ0n) is 54.8. The van der Waals surface area contributed by atoms with Gasteiger partial charge in [0.15, 0.2) is 11.5 Å². The maximum atomic E-state index is 12.9. The van der Waals surface area contributed by atoms with Crippen LogP contribution in [0.5, 0.6) is 0 Å². The minimum Gasteiger partial charge on any atom is -0.444 e. The number of fused-ring (bicyclic) bond motifs is 5. The number of hydrogen-bond donors (Lipinski definition) is 5. The standard InChI is InChI=1S/C20H17N7O2.C19H23N3O3.C16H20ClN3O3.C13H13N3O/c1-4-12-7-5-8-13-14(12)20(29)26(3)17(24-13)11(2)23-19(28)15-16(21)25-27-10-6-9-22-18(15)27;1-7-9-13-10-8-11-14-15(13)17(23)22(6)16(21-14)12(2)20-18(24)25-19(3,4)5;1-9(18-15(22)23-16(2,3)4)13-19-11-8-6-7-10(17)12(11)14(21)20(13)5;1-4-9-6-5-7-10-11(9)13(17)16(3)12(15-10)8(2)14/h1,5-11H,2-3H3,(H2,21,25)(H,23,28);8,10-12H,1-6H3,(H,20,24);6-9H,1-5H3,(H,18,22);1,5-8H,14H2,2-3H3/t11-;12-;9-;8-/m0000/s1. The molecule has 0 bridgehead atoms. The van der Waals surface area contributed by atoms with Crippen LogP contribution in [0.25, 0.3) is 49.3 Å². The summed E-state index contributed by atoms with van der Waals surface area (Å²) in [6.07, 6.45) is 13.0. The first-order chi connectivity index (χ1) is 44.2. The molecular weight excluding hydrogens is 1220 g/mol. The van der Waals surface area contributed by atoms with Gasteiger partial charge in [-0.15, -0.1) is 23.9 Å². The minimum absolute atomic E-state index is 0.0624. The van der Waals surface area contributed by atoms with Crippen molar-refractivity contribution in [3.8, 4) is 36.5 Å². The molecule has 0 fully saturated rings. The van der Waals surface area contributed by atoms with E-state index in [9.17, 15) is 33.6 Å². The lowest BCUT2D eigenvalue weighted by atomic mass is 10.1. The molecule has 0 saturated heterocycles. The van der Waals surface area contributed by atoms with E-state index in [4.69, 9.17) is 45.4 Å². The molecule has 4 aromatic carbocycles. The third-order valence-electron chi connectivity index (χ3n) is 14.1. The molecule has 6 heterocycles. The molecule has 3 amide bonds. The fraction of sp³-hybridized carbons (Fsp3) is 0.309. The molecule has 0 unspecified atom stereocenters. The SMILES string of the molecule is C#Cc1cccc2nc([C@H](C)N)n(C)c(=O)c12.C#Cc1cccc2nc([C@H](C)NC(=O)c3c(N)nn4cccnc34)n(C)c(=O)c12.CC#Cc1cccc2nc([C@H](C)NC(=O)OC(C)(C)C)n(C)c(=O)c12.C[C@H](NC(=O)OC(C)(C)C)c1nc2cccc(Cl)c2c(=O)n1C. The van der Waals surface area contributed by atoms with Crippen LogP contribution in [0, 0.1) is 36.5 Å². The lowest BCUT2D eigenvalue weighted by molar-refractivity contribution is 0.0493. The molecule has 0 aliphatic heterocycles. The number of nitrogens with one attached hydrogen (secondary N) is 3. The van der Waals surface area contributed by atoms with Crippen molar-refractivity contribution in [2.75, 3.05) is 5.73 Å². The summed E-state index contributed by atoms with van der Waals surface area (Å²) in [5.41, 5.74) is 13.9. The third kappa shape index (κ3) is 15.7. The van der Waals surface area contributed by atoms with E-state index in [1.807, 2.05) is 6.07 Å². The number of nitrogens with zero attached hydrogens (tertiary/aromatic N) is 11. The Morgan fingerprint density at radius 1 is 0.564 bits per heavy atom. The number of anilines is 1. The first-order valence-electron chi connectivity index (χ1n) is 29.4. The van der Waals surface area contributed by atoms with Crippen LogP contribution >= 0.6 is 11.6 Å². The molecular formula is C68H73ClN16O9. The van der Waals surface area contributed by atoms with Crippen molar-refractivity contribution >= 4 is 84.8 Å². The predicted octanol–water partition coefficient (Wildman–Crippen LogP) is 8.03. The van der Waals surface area contributed by atoms with Crippen LogP contribution < -0.4 is 49.7 Å². The van der Waals surface area contributed by atoms with Gasteiger partial charge in [0.25, 0.3) is 28.1 Å². The summed E-state index contributed by atoms with van der Waals surface area (Å²) in [6, 6.07) is 20.7. The molecule has 10 aromatic rings. The Labute approximate surface area is 545 Å². The Bertz CT molecular complexity index is 5030. The Kier molecular flexibility index (Phi) is 21.6. The van der Waals surface area contributed by atoms with Gasteiger partial charge in [-0.05, 0) is 131 Å². The quantitative estimate of drug-likeness (QED) is 0.0899. The van der Waals surface area contributed by atoms with Crippen molar-refractivity contribution in [3.05, 3.63) is 183 Å². The number of aromatic nitrogens is 11. The number of halogens is 1. The van der Waals surface area contributed by atoms with Gasteiger partial charge in [0, 0.05) is 57.3 Å². The van der Waals surface area contributed by atoms with Crippen molar-refractivity contribution < 1.29 is 23.9 Å². The molecule has 0 spiro atoms. The molecule has 26 heteroatoms. The first kappa shape index (κ1) is 70.3. The average Bonchev–Trinajstić information content (AvgIpc) is 0.903. The van der Waals surface area contributed by atoms with Gasteiger partial charge in [-0.2, -0.15) is 0 Å². The fourth-order valence-electron chi connectivity index (χ4n) is 9.87. The molecule has 4 atom stereocenters. The number of rotatable bonds is 8. The van der Waals surface area contributed by atoms with E-state index in [-0.39, 0.29) is 39.7 Å². The summed E-state index contributed by atoms with van der Waals surface area (Å²) < 4.78 is 17.6. The molecule has 25 nitrogen and oxygen atoms in total. The molecule has 10 rings (SSSR count). The molecule has 0 aliphatic carbocycles. The summed E-state index contributed by atoms with van der Waals surface area (Å²) >= 11 is 6.08. The van der Waals surface area contributed by atoms with Crippen molar-refractivity contribution in [2.45, 2.75) is 112 Å². The fourth-order valence-corrected chi connectivity index (χ4v) is 10.1. The van der Waals surface area contributed by atoms with Crippen LogP contribution in [0.2, 0.25) is 5.02 Å². The Morgan fingerprint density at radius 3 is 1.35 bits per heavy atom. The summed E-state index contributed by atoms with van der Waals surface area (Å²) in [7, 11) is 6.47. The van der Waals surface area contributed by atoms with Crippen LogP contribution in [0.15, 0.2) is 110 Å². The van der Waals surface area contributed by atoms with E-state index >= 15 is 0 Å². The van der Waals surface area contributed by atoms with Crippen LogP contribution in [-0.4, -0.2) is 82.1 Å². The zero-order chi connectivity index (χ0) is 69.4. The van der Waals surface area contributed by atoms with E-state index in [2.05, 4.69) is 69.7 Å². The van der Waals surface area contributed by atoms with Gasteiger partial charge in [-0.1, -0.05) is 53.6 Å². The maximum absolute atomic E-state index is 12.9. The van der Waals surface area contributed by atoms with Gasteiger partial charge in [0.05, 0.1) is 72.8 Å². The highest BCUT2D eigenvalue weighted by Gasteiger charge is 2.26. The number of alkyl carbamates (subject to hydrolysis) is 2. The monoisotopic (exact) mass is 1290 g/mol.